The first kappa shape index (κ1) is 11.9. The van der Waals surface area contributed by atoms with E-state index >= 15 is 0 Å². The van der Waals surface area contributed by atoms with Gasteiger partial charge in [-0.15, -0.1) is 0 Å². The summed E-state index contributed by atoms with van der Waals surface area (Å²) < 4.78 is 5.29. The minimum absolute atomic E-state index is 0.0829. The lowest BCUT2D eigenvalue weighted by molar-refractivity contribution is 0.0351. The highest BCUT2D eigenvalue weighted by molar-refractivity contribution is 5.94. The van der Waals surface area contributed by atoms with Crippen molar-refractivity contribution in [2.24, 2.45) is 0 Å². The third-order valence-electron chi connectivity index (χ3n) is 3.22. The second-order valence-corrected chi connectivity index (χ2v) is 4.35. The van der Waals surface area contributed by atoms with E-state index < -0.39 is 0 Å². The molecule has 0 spiro atoms. The number of ether oxygens (including phenoxy) is 1. The number of nitrogen functional groups attached to an aromatic ring is 1. The van der Waals surface area contributed by atoms with Crippen LogP contribution in [0.2, 0.25) is 0 Å². The molecule has 0 radical (unpaired) electrons. The lowest BCUT2D eigenvalue weighted by atomic mass is 10.1. The Balaban J connectivity index is 1.99. The molecule has 1 amide bonds. The predicted molar refractivity (Wildman–Crippen MR) is 66.8 cm³/mol. The van der Waals surface area contributed by atoms with E-state index in [4.69, 9.17) is 10.5 Å². The fourth-order valence-electron chi connectivity index (χ4n) is 2.10. The van der Waals surface area contributed by atoms with Crippen LogP contribution >= 0.6 is 0 Å². The summed E-state index contributed by atoms with van der Waals surface area (Å²) in [5.74, 6) is 0.0829. The molecule has 0 unspecified atom stereocenters. The normalized spacial score (nSPS) is 17.1. The summed E-state index contributed by atoms with van der Waals surface area (Å²) in [4.78, 5) is 14.0. The van der Waals surface area contributed by atoms with Crippen LogP contribution in [0.25, 0.3) is 0 Å². The van der Waals surface area contributed by atoms with Gasteiger partial charge >= 0.3 is 0 Å². The average Bonchev–Trinajstić information content (AvgIpc) is 2.39. The number of piperidine rings is 1. The Labute approximate surface area is 101 Å². The smallest absolute Gasteiger partial charge is 0.253 e. The maximum Gasteiger partial charge on any atom is 0.253 e. The molecule has 2 rings (SSSR count). The van der Waals surface area contributed by atoms with Crippen LogP contribution < -0.4 is 5.73 Å². The molecule has 0 aliphatic carbocycles. The van der Waals surface area contributed by atoms with Crippen molar-refractivity contribution < 1.29 is 9.53 Å². The number of carbonyl (C=O) groups is 1. The Morgan fingerprint density at radius 3 is 2.41 bits per heavy atom. The molecule has 0 atom stereocenters. The van der Waals surface area contributed by atoms with Gasteiger partial charge in [0.1, 0.15) is 0 Å². The second kappa shape index (κ2) is 5.19. The molecule has 4 nitrogen and oxygen atoms in total. The Bertz CT molecular complexity index is 381. The molecule has 1 saturated heterocycles. The quantitative estimate of drug-likeness (QED) is 0.789. The molecule has 92 valence electrons. The van der Waals surface area contributed by atoms with Gasteiger partial charge < -0.3 is 15.4 Å². The van der Waals surface area contributed by atoms with Crippen molar-refractivity contribution in [2.45, 2.75) is 18.9 Å². The molecule has 1 aliphatic rings. The van der Waals surface area contributed by atoms with Gasteiger partial charge in [-0.2, -0.15) is 0 Å². The molecular formula is C13H18N2O2. The largest absolute Gasteiger partial charge is 0.399 e. The van der Waals surface area contributed by atoms with Crippen molar-refractivity contribution in [2.75, 3.05) is 25.9 Å². The summed E-state index contributed by atoms with van der Waals surface area (Å²) in [5, 5.41) is 0. The number of nitrogens with zero attached hydrogens (tertiary/aromatic N) is 1. The van der Waals surface area contributed by atoms with E-state index in [-0.39, 0.29) is 5.91 Å². The number of benzene rings is 1. The molecule has 1 aromatic carbocycles. The number of rotatable bonds is 2. The highest BCUT2D eigenvalue weighted by Crippen LogP contribution is 2.16. The molecule has 0 saturated carbocycles. The Morgan fingerprint density at radius 1 is 1.29 bits per heavy atom. The molecule has 1 fully saturated rings. The molecule has 0 aromatic heterocycles. The number of amides is 1. The van der Waals surface area contributed by atoms with E-state index in [2.05, 4.69) is 0 Å². The van der Waals surface area contributed by atoms with Crippen LogP contribution in [0.1, 0.15) is 23.2 Å². The van der Waals surface area contributed by atoms with Gasteiger partial charge in [-0.3, -0.25) is 4.79 Å². The SMILES string of the molecule is COC1CCN(C(=O)c2ccc(N)cc2)CC1. The summed E-state index contributed by atoms with van der Waals surface area (Å²) in [6, 6.07) is 7.07. The monoisotopic (exact) mass is 234 g/mol. The van der Waals surface area contributed by atoms with Gasteiger partial charge in [0.2, 0.25) is 0 Å². The zero-order valence-corrected chi connectivity index (χ0v) is 10.1. The summed E-state index contributed by atoms with van der Waals surface area (Å²) in [7, 11) is 1.72. The van der Waals surface area contributed by atoms with E-state index in [0.717, 1.165) is 25.9 Å². The second-order valence-electron chi connectivity index (χ2n) is 4.35. The van der Waals surface area contributed by atoms with Gasteiger partial charge in [-0.1, -0.05) is 0 Å². The highest BCUT2D eigenvalue weighted by atomic mass is 16.5. The number of nitrogens with two attached hydrogens (primary N) is 1. The van der Waals surface area contributed by atoms with E-state index in [0.29, 0.717) is 17.4 Å². The van der Waals surface area contributed by atoms with Crippen LogP contribution in [0, 0.1) is 0 Å². The fourth-order valence-corrected chi connectivity index (χ4v) is 2.10. The summed E-state index contributed by atoms with van der Waals surface area (Å²) in [5.41, 5.74) is 6.98. The van der Waals surface area contributed by atoms with Crippen molar-refractivity contribution >= 4 is 11.6 Å². The third kappa shape index (κ3) is 2.77. The average molecular weight is 234 g/mol. The lowest BCUT2D eigenvalue weighted by Gasteiger charge is -2.31. The van der Waals surface area contributed by atoms with Crippen LogP contribution in [-0.4, -0.2) is 37.1 Å². The minimum atomic E-state index is 0.0829. The molecular weight excluding hydrogens is 216 g/mol. The molecule has 1 heterocycles. The molecule has 2 N–H and O–H groups in total. The maximum atomic E-state index is 12.2. The zero-order valence-electron chi connectivity index (χ0n) is 10.1. The Hall–Kier alpha value is -1.55. The van der Waals surface area contributed by atoms with Gasteiger partial charge in [0, 0.05) is 31.5 Å². The number of anilines is 1. The Morgan fingerprint density at radius 2 is 1.88 bits per heavy atom. The van der Waals surface area contributed by atoms with Gasteiger partial charge in [0.25, 0.3) is 5.91 Å². The van der Waals surface area contributed by atoms with Crippen LogP contribution in [0.5, 0.6) is 0 Å². The number of likely N-dealkylation sites (tertiary alicyclic amines) is 1. The standard InChI is InChI=1S/C13H18N2O2/c1-17-12-6-8-15(9-7-12)13(16)10-2-4-11(14)5-3-10/h2-5,12H,6-9,14H2,1H3. The molecule has 0 bridgehead atoms. The lowest BCUT2D eigenvalue weighted by Crippen LogP contribution is -2.40. The molecule has 1 aliphatic heterocycles. The van der Waals surface area contributed by atoms with Crippen LogP contribution in [0.4, 0.5) is 5.69 Å². The van der Waals surface area contributed by atoms with Crippen LogP contribution in [0.15, 0.2) is 24.3 Å². The third-order valence-corrected chi connectivity index (χ3v) is 3.22. The highest BCUT2D eigenvalue weighted by Gasteiger charge is 2.23. The summed E-state index contributed by atoms with van der Waals surface area (Å²) in [6.07, 6.45) is 2.12. The summed E-state index contributed by atoms with van der Waals surface area (Å²) in [6.45, 7) is 1.53. The number of methoxy groups -OCH3 is 1. The Kier molecular flexibility index (Phi) is 3.64. The molecule has 4 heteroatoms. The van der Waals surface area contributed by atoms with Crippen molar-refractivity contribution in [3.8, 4) is 0 Å². The molecule has 1 aromatic rings. The van der Waals surface area contributed by atoms with Crippen molar-refractivity contribution in [3.05, 3.63) is 29.8 Å². The van der Waals surface area contributed by atoms with Gasteiger partial charge in [0.05, 0.1) is 6.10 Å². The van der Waals surface area contributed by atoms with Crippen molar-refractivity contribution in [1.82, 2.24) is 4.90 Å². The predicted octanol–water partition coefficient (Wildman–Crippen LogP) is 1.52. The molecule has 17 heavy (non-hydrogen) atoms. The number of carbonyl (C=O) groups excluding carboxylic acids is 1. The van der Waals surface area contributed by atoms with Gasteiger partial charge in [-0.05, 0) is 37.1 Å². The van der Waals surface area contributed by atoms with Crippen molar-refractivity contribution in [1.29, 1.82) is 0 Å². The number of hydrogen-bond donors (Lipinski definition) is 1. The van der Waals surface area contributed by atoms with E-state index in [9.17, 15) is 4.79 Å². The maximum absolute atomic E-state index is 12.2. The first-order valence-corrected chi connectivity index (χ1v) is 5.88. The van der Waals surface area contributed by atoms with Gasteiger partial charge in [-0.25, -0.2) is 0 Å². The van der Waals surface area contributed by atoms with E-state index in [1.165, 1.54) is 0 Å². The van der Waals surface area contributed by atoms with E-state index in [1.807, 2.05) is 4.90 Å². The zero-order chi connectivity index (χ0) is 12.3. The minimum Gasteiger partial charge on any atom is -0.399 e. The first-order valence-electron chi connectivity index (χ1n) is 5.88. The van der Waals surface area contributed by atoms with E-state index in [1.54, 1.807) is 31.4 Å². The van der Waals surface area contributed by atoms with Crippen molar-refractivity contribution in [3.63, 3.8) is 0 Å². The fraction of sp³-hybridized carbons (Fsp3) is 0.462. The van der Waals surface area contributed by atoms with Crippen LogP contribution in [0.3, 0.4) is 0 Å². The first-order chi connectivity index (χ1) is 8.20. The summed E-state index contributed by atoms with van der Waals surface area (Å²) >= 11 is 0. The van der Waals surface area contributed by atoms with Crippen LogP contribution in [-0.2, 0) is 4.74 Å². The van der Waals surface area contributed by atoms with Gasteiger partial charge in [0.15, 0.2) is 0 Å². The number of hydrogen-bond acceptors (Lipinski definition) is 3. The topological polar surface area (TPSA) is 55.6 Å².